The third kappa shape index (κ3) is 5.14. The first-order valence-electron chi connectivity index (χ1n) is 6.75. The number of rotatable bonds is 8. The molecule has 0 aliphatic carbocycles. The van der Waals surface area contributed by atoms with Gasteiger partial charge in [-0.1, -0.05) is 6.92 Å². The Morgan fingerprint density at radius 1 is 1.35 bits per heavy atom. The molecule has 0 aliphatic rings. The fraction of sp³-hybridized carbons (Fsp3) is 0.533. The number of nitrogens with one attached hydrogen (secondary N) is 1. The summed E-state index contributed by atoms with van der Waals surface area (Å²) in [6.07, 6.45) is 2.14. The zero-order chi connectivity index (χ0) is 15.0. The number of hydrogen-bond acceptors (Lipinski definition) is 3. The highest BCUT2D eigenvalue weighted by atomic mass is 19.1. The minimum atomic E-state index is -0.569. The molecule has 1 N–H and O–H groups in total. The molecule has 0 saturated heterocycles. The molecule has 1 aromatic rings. The Bertz CT molecular complexity index is 473. The van der Waals surface area contributed by atoms with Gasteiger partial charge in [0.1, 0.15) is 11.4 Å². The van der Waals surface area contributed by atoms with E-state index in [-0.39, 0.29) is 5.75 Å². The van der Waals surface area contributed by atoms with Gasteiger partial charge in [0, 0.05) is 6.07 Å². The van der Waals surface area contributed by atoms with E-state index >= 15 is 0 Å². The molecule has 0 bridgehead atoms. The number of nitriles is 1. The smallest absolute Gasteiger partial charge is 0.165 e. The second-order valence-electron chi connectivity index (χ2n) is 4.85. The molecule has 5 heteroatoms. The summed E-state index contributed by atoms with van der Waals surface area (Å²) in [6.45, 7) is 4.83. The fourth-order valence-electron chi connectivity index (χ4n) is 1.92. The van der Waals surface area contributed by atoms with Crippen LogP contribution < -0.4 is 10.1 Å². The molecule has 0 heterocycles. The highest BCUT2D eigenvalue weighted by Gasteiger charge is 2.21. The first-order chi connectivity index (χ1) is 9.50. The van der Waals surface area contributed by atoms with Crippen molar-refractivity contribution in [1.82, 2.24) is 5.32 Å². The lowest BCUT2D eigenvalue weighted by Gasteiger charge is -2.22. The summed E-state index contributed by atoms with van der Waals surface area (Å²) in [4.78, 5) is 0. The largest absolute Gasteiger partial charge is 0.490 e. The van der Waals surface area contributed by atoms with Gasteiger partial charge in [0.25, 0.3) is 0 Å². The third-order valence-corrected chi connectivity index (χ3v) is 3.04. The number of nitrogens with zero attached hydrogens (tertiary/aromatic N) is 1. The number of benzene rings is 1. The SMILES string of the molecule is CCNC(C)(C#N)CCCCOc1cc(F)ccc1F. The quantitative estimate of drug-likeness (QED) is 0.743. The first kappa shape index (κ1) is 16.4. The lowest BCUT2D eigenvalue weighted by Crippen LogP contribution is -2.40. The predicted molar refractivity (Wildman–Crippen MR) is 73.4 cm³/mol. The van der Waals surface area contributed by atoms with Crippen LogP contribution in [0.2, 0.25) is 0 Å². The monoisotopic (exact) mass is 282 g/mol. The van der Waals surface area contributed by atoms with Crippen LogP contribution in [0.1, 0.15) is 33.1 Å². The maximum atomic E-state index is 13.3. The molecule has 110 valence electrons. The highest BCUT2D eigenvalue weighted by molar-refractivity contribution is 5.24. The van der Waals surface area contributed by atoms with Gasteiger partial charge in [0.2, 0.25) is 0 Å². The van der Waals surface area contributed by atoms with Gasteiger partial charge in [-0.15, -0.1) is 0 Å². The van der Waals surface area contributed by atoms with Crippen LogP contribution in [0.5, 0.6) is 5.75 Å². The van der Waals surface area contributed by atoms with Crippen molar-refractivity contribution in [3.05, 3.63) is 29.8 Å². The van der Waals surface area contributed by atoms with Gasteiger partial charge in [-0.05, 0) is 44.9 Å². The molecule has 0 aliphatic heterocycles. The van der Waals surface area contributed by atoms with Crippen molar-refractivity contribution in [2.75, 3.05) is 13.2 Å². The van der Waals surface area contributed by atoms with Gasteiger partial charge in [0.05, 0.1) is 12.7 Å². The fourth-order valence-corrected chi connectivity index (χ4v) is 1.92. The van der Waals surface area contributed by atoms with Crippen LogP contribution in [-0.4, -0.2) is 18.7 Å². The third-order valence-electron chi connectivity index (χ3n) is 3.04. The van der Waals surface area contributed by atoms with Crippen molar-refractivity contribution in [2.24, 2.45) is 0 Å². The Morgan fingerprint density at radius 2 is 2.10 bits per heavy atom. The molecule has 0 radical (unpaired) electrons. The van der Waals surface area contributed by atoms with E-state index in [0.29, 0.717) is 19.4 Å². The Hall–Kier alpha value is -1.67. The summed E-state index contributed by atoms with van der Waals surface area (Å²) in [5, 5.41) is 12.2. The minimum absolute atomic E-state index is 0.0697. The van der Waals surface area contributed by atoms with E-state index in [1.165, 1.54) is 0 Å². The van der Waals surface area contributed by atoms with Crippen molar-refractivity contribution in [1.29, 1.82) is 5.26 Å². The van der Waals surface area contributed by atoms with Crippen LogP contribution in [0.4, 0.5) is 8.78 Å². The number of unbranched alkanes of at least 4 members (excludes halogenated alkanes) is 1. The summed E-state index contributed by atoms with van der Waals surface area (Å²) in [6, 6.07) is 5.37. The average Bonchev–Trinajstić information content (AvgIpc) is 2.42. The van der Waals surface area contributed by atoms with E-state index < -0.39 is 17.2 Å². The van der Waals surface area contributed by atoms with Gasteiger partial charge in [-0.2, -0.15) is 5.26 Å². The zero-order valence-electron chi connectivity index (χ0n) is 11.9. The number of hydrogen-bond donors (Lipinski definition) is 1. The van der Waals surface area contributed by atoms with E-state index in [1.54, 1.807) is 0 Å². The lowest BCUT2D eigenvalue weighted by molar-refractivity contribution is 0.282. The molecule has 0 saturated carbocycles. The van der Waals surface area contributed by atoms with Crippen molar-refractivity contribution < 1.29 is 13.5 Å². The minimum Gasteiger partial charge on any atom is -0.490 e. The standard InChI is InChI=1S/C15H20F2N2O/c1-3-19-15(2,11-18)8-4-5-9-20-14-10-12(16)6-7-13(14)17/h6-7,10,19H,3-5,8-9H2,1-2H3. The van der Waals surface area contributed by atoms with E-state index in [2.05, 4.69) is 11.4 Å². The van der Waals surface area contributed by atoms with Gasteiger partial charge < -0.3 is 4.74 Å². The van der Waals surface area contributed by atoms with Gasteiger partial charge in [0.15, 0.2) is 11.6 Å². The van der Waals surface area contributed by atoms with Crippen molar-refractivity contribution in [2.45, 2.75) is 38.6 Å². The molecule has 3 nitrogen and oxygen atoms in total. The van der Waals surface area contributed by atoms with Gasteiger partial charge in [-0.25, -0.2) is 8.78 Å². The molecule has 0 spiro atoms. The molecule has 0 aromatic heterocycles. The molecule has 1 rings (SSSR count). The molecule has 20 heavy (non-hydrogen) atoms. The van der Waals surface area contributed by atoms with E-state index in [9.17, 15) is 8.78 Å². The molecular formula is C15H20F2N2O. The van der Waals surface area contributed by atoms with E-state index in [0.717, 1.165) is 31.2 Å². The molecular weight excluding hydrogens is 262 g/mol. The summed E-state index contributed by atoms with van der Waals surface area (Å²) in [5.41, 5.74) is -0.543. The Labute approximate surface area is 118 Å². The molecule has 1 unspecified atom stereocenters. The van der Waals surface area contributed by atoms with Gasteiger partial charge in [-0.3, -0.25) is 5.32 Å². The Kier molecular flexibility index (Phi) is 6.40. The van der Waals surface area contributed by atoms with Crippen LogP contribution in [0, 0.1) is 23.0 Å². The highest BCUT2D eigenvalue weighted by Crippen LogP contribution is 2.19. The van der Waals surface area contributed by atoms with Crippen LogP contribution in [0.15, 0.2) is 18.2 Å². The second kappa shape index (κ2) is 7.81. The predicted octanol–water partition coefficient (Wildman–Crippen LogP) is 3.41. The topological polar surface area (TPSA) is 45.0 Å². The number of ether oxygens (including phenoxy) is 1. The van der Waals surface area contributed by atoms with Crippen LogP contribution in [0.3, 0.4) is 0 Å². The molecule has 0 amide bonds. The summed E-state index contributed by atoms with van der Waals surface area (Å²) >= 11 is 0. The normalized spacial score (nSPS) is 13.6. The van der Waals surface area contributed by atoms with Crippen molar-refractivity contribution in [3.63, 3.8) is 0 Å². The maximum absolute atomic E-state index is 13.3. The van der Waals surface area contributed by atoms with E-state index in [4.69, 9.17) is 10.00 Å². The van der Waals surface area contributed by atoms with Crippen LogP contribution in [0.25, 0.3) is 0 Å². The zero-order valence-corrected chi connectivity index (χ0v) is 11.9. The Balaban J connectivity index is 2.32. The Morgan fingerprint density at radius 3 is 2.75 bits per heavy atom. The summed E-state index contributed by atoms with van der Waals surface area (Å²) in [7, 11) is 0. The summed E-state index contributed by atoms with van der Waals surface area (Å²) < 4.78 is 31.4. The molecule has 1 aromatic carbocycles. The van der Waals surface area contributed by atoms with Crippen LogP contribution >= 0.6 is 0 Å². The first-order valence-corrected chi connectivity index (χ1v) is 6.75. The summed E-state index contributed by atoms with van der Waals surface area (Å²) in [5.74, 6) is -1.16. The number of halogens is 2. The van der Waals surface area contributed by atoms with Crippen molar-refractivity contribution >= 4 is 0 Å². The molecule has 1 atom stereocenters. The van der Waals surface area contributed by atoms with Crippen LogP contribution in [-0.2, 0) is 0 Å². The van der Waals surface area contributed by atoms with Gasteiger partial charge >= 0.3 is 0 Å². The van der Waals surface area contributed by atoms with E-state index in [1.807, 2.05) is 13.8 Å². The second-order valence-corrected chi connectivity index (χ2v) is 4.85. The molecule has 0 fully saturated rings. The van der Waals surface area contributed by atoms with Crippen molar-refractivity contribution in [3.8, 4) is 11.8 Å². The maximum Gasteiger partial charge on any atom is 0.165 e. The average molecular weight is 282 g/mol. The lowest BCUT2D eigenvalue weighted by atomic mass is 9.97.